The maximum atomic E-state index is 12.6. The molecule has 7 heteroatoms. The van der Waals surface area contributed by atoms with Crippen molar-refractivity contribution in [1.29, 1.82) is 0 Å². The lowest BCUT2D eigenvalue weighted by Gasteiger charge is -2.12. The average Bonchev–Trinajstić information content (AvgIpc) is 3.15. The van der Waals surface area contributed by atoms with Crippen molar-refractivity contribution >= 4 is 26.8 Å². The van der Waals surface area contributed by atoms with E-state index in [-0.39, 0.29) is 23.4 Å². The van der Waals surface area contributed by atoms with Gasteiger partial charge in [0, 0.05) is 35.2 Å². The number of rotatable bonds is 7. The fourth-order valence-corrected chi connectivity index (χ4v) is 3.76. The molecule has 0 unspecified atom stereocenters. The fourth-order valence-electron chi connectivity index (χ4n) is 2.76. The van der Waals surface area contributed by atoms with E-state index >= 15 is 0 Å². The lowest BCUT2D eigenvalue weighted by molar-refractivity contribution is 0.0939. The first kappa shape index (κ1) is 19.1. The summed E-state index contributed by atoms with van der Waals surface area (Å²) in [7, 11) is -3.67. The Hall–Kier alpha value is -2.64. The summed E-state index contributed by atoms with van der Waals surface area (Å²) in [6.45, 7) is 4.10. The van der Waals surface area contributed by atoms with Crippen molar-refractivity contribution in [3.63, 3.8) is 0 Å². The molecule has 0 aliphatic carbocycles. The molecule has 0 spiro atoms. The number of fused-ring (bicyclic) bond motifs is 1. The van der Waals surface area contributed by atoms with Gasteiger partial charge in [-0.1, -0.05) is 19.1 Å². The largest absolute Gasteiger partial charge is 0.361 e. The van der Waals surface area contributed by atoms with E-state index in [1.807, 2.05) is 44.3 Å². The predicted molar refractivity (Wildman–Crippen MR) is 106 cm³/mol. The van der Waals surface area contributed by atoms with Crippen molar-refractivity contribution in [3.05, 3.63) is 65.9 Å². The Kier molecular flexibility index (Phi) is 5.62. The second kappa shape index (κ2) is 7.94. The number of benzene rings is 2. The van der Waals surface area contributed by atoms with E-state index in [0.29, 0.717) is 5.56 Å². The highest BCUT2D eigenvalue weighted by molar-refractivity contribution is 7.89. The Balaban J connectivity index is 1.71. The molecule has 1 amide bonds. The van der Waals surface area contributed by atoms with Gasteiger partial charge in [-0.15, -0.1) is 0 Å². The number of hydrogen-bond donors (Lipinski definition) is 3. The zero-order valence-corrected chi connectivity index (χ0v) is 16.1. The van der Waals surface area contributed by atoms with Gasteiger partial charge in [-0.3, -0.25) is 4.79 Å². The van der Waals surface area contributed by atoms with Crippen LogP contribution >= 0.6 is 0 Å². The van der Waals surface area contributed by atoms with Gasteiger partial charge in [0.1, 0.15) is 0 Å². The number of aromatic nitrogens is 1. The van der Waals surface area contributed by atoms with E-state index in [2.05, 4.69) is 15.0 Å². The molecular weight excluding hydrogens is 362 g/mol. The first-order valence-corrected chi connectivity index (χ1v) is 10.3. The first-order valence-electron chi connectivity index (χ1n) is 8.86. The van der Waals surface area contributed by atoms with Gasteiger partial charge in [0.25, 0.3) is 5.91 Å². The highest BCUT2D eigenvalue weighted by Gasteiger charge is 2.16. The highest BCUT2D eigenvalue weighted by atomic mass is 32.2. The third-order valence-electron chi connectivity index (χ3n) is 4.55. The molecule has 0 aliphatic rings. The summed E-state index contributed by atoms with van der Waals surface area (Å²) >= 11 is 0. The molecule has 2 aromatic carbocycles. The van der Waals surface area contributed by atoms with Crippen LogP contribution in [0.4, 0.5) is 0 Å². The Labute approximate surface area is 159 Å². The molecule has 0 saturated heterocycles. The van der Waals surface area contributed by atoms with Crippen molar-refractivity contribution < 1.29 is 13.2 Å². The fraction of sp³-hybridized carbons (Fsp3) is 0.250. The van der Waals surface area contributed by atoms with Crippen molar-refractivity contribution in [2.24, 2.45) is 0 Å². The van der Waals surface area contributed by atoms with Crippen LogP contribution in [0.15, 0.2) is 59.6 Å². The monoisotopic (exact) mass is 385 g/mol. The van der Waals surface area contributed by atoms with Crippen LogP contribution in [-0.2, 0) is 16.6 Å². The van der Waals surface area contributed by atoms with Crippen LogP contribution in [0.2, 0.25) is 0 Å². The Bertz CT molecular complexity index is 1040. The maximum Gasteiger partial charge on any atom is 0.251 e. The van der Waals surface area contributed by atoms with Gasteiger partial charge in [0.15, 0.2) is 0 Å². The molecule has 142 valence electrons. The van der Waals surface area contributed by atoms with Crippen molar-refractivity contribution in [3.8, 4) is 0 Å². The molecule has 1 atom stereocenters. The lowest BCUT2D eigenvalue weighted by atomic mass is 10.1. The summed E-state index contributed by atoms with van der Waals surface area (Å²) in [5.41, 5.74) is 2.29. The second-order valence-electron chi connectivity index (χ2n) is 6.49. The molecule has 1 heterocycles. The van der Waals surface area contributed by atoms with E-state index in [9.17, 15) is 13.2 Å². The first-order chi connectivity index (χ1) is 12.9. The third-order valence-corrected chi connectivity index (χ3v) is 5.97. The molecule has 0 aliphatic heterocycles. The second-order valence-corrected chi connectivity index (χ2v) is 8.25. The third kappa shape index (κ3) is 4.37. The number of amides is 1. The SMILES string of the molecule is CC[C@@H](C)NC(=O)c1ccc(S(=O)(=O)NCc2cccc3[nH]ccc23)cc1. The minimum Gasteiger partial charge on any atom is -0.361 e. The van der Waals surface area contributed by atoms with Crippen LogP contribution in [0.5, 0.6) is 0 Å². The molecule has 27 heavy (non-hydrogen) atoms. The molecular formula is C20H23N3O3S. The van der Waals surface area contributed by atoms with E-state index in [1.165, 1.54) is 24.3 Å². The summed E-state index contributed by atoms with van der Waals surface area (Å²) in [6.07, 6.45) is 2.65. The molecule has 6 nitrogen and oxygen atoms in total. The van der Waals surface area contributed by atoms with Crippen molar-refractivity contribution in [2.75, 3.05) is 0 Å². The number of carbonyl (C=O) groups excluding carboxylic acids is 1. The summed E-state index contributed by atoms with van der Waals surface area (Å²) < 4.78 is 27.8. The summed E-state index contributed by atoms with van der Waals surface area (Å²) in [6, 6.07) is 13.7. The van der Waals surface area contributed by atoms with E-state index in [4.69, 9.17) is 0 Å². The van der Waals surface area contributed by atoms with Crippen LogP contribution in [0, 0.1) is 0 Å². The number of hydrogen-bond acceptors (Lipinski definition) is 3. The van der Waals surface area contributed by atoms with E-state index < -0.39 is 10.0 Å². The van der Waals surface area contributed by atoms with Crippen molar-refractivity contribution in [1.82, 2.24) is 15.0 Å². The normalized spacial score (nSPS) is 12.8. The van der Waals surface area contributed by atoms with Gasteiger partial charge in [-0.2, -0.15) is 0 Å². The number of carbonyl (C=O) groups is 1. The van der Waals surface area contributed by atoms with Crippen LogP contribution < -0.4 is 10.0 Å². The predicted octanol–water partition coefficient (Wildman–Crippen LogP) is 3.17. The smallest absolute Gasteiger partial charge is 0.251 e. The van der Waals surface area contributed by atoms with Gasteiger partial charge in [-0.25, -0.2) is 13.1 Å². The van der Waals surface area contributed by atoms with E-state index in [1.54, 1.807) is 0 Å². The minimum atomic E-state index is -3.67. The minimum absolute atomic E-state index is 0.0683. The molecule has 3 aromatic rings. The molecule has 0 bridgehead atoms. The molecule has 3 rings (SSSR count). The zero-order valence-electron chi connectivity index (χ0n) is 15.3. The van der Waals surface area contributed by atoms with Crippen LogP contribution in [0.1, 0.15) is 36.2 Å². The number of nitrogens with one attached hydrogen (secondary N) is 3. The maximum absolute atomic E-state index is 12.6. The molecule has 3 N–H and O–H groups in total. The quantitative estimate of drug-likeness (QED) is 0.583. The van der Waals surface area contributed by atoms with Gasteiger partial charge < -0.3 is 10.3 Å². The van der Waals surface area contributed by atoms with Crippen LogP contribution in [0.25, 0.3) is 10.9 Å². The van der Waals surface area contributed by atoms with Gasteiger partial charge in [0.2, 0.25) is 10.0 Å². The standard InChI is InChI=1S/C20H23N3O3S/c1-3-14(2)23-20(24)15-7-9-17(10-8-15)27(25,26)22-13-16-5-4-6-19-18(16)11-12-21-19/h4-12,14,21-22H,3,13H2,1-2H3,(H,23,24)/t14-/m1/s1. The van der Waals surface area contributed by atoms with Gasteiger partial charge in [-0.05, 0) is 55.3 Å². The Morgan fingerprint density at radius 3 is 2.56 bits per heavy atom. The lowest BCUT2D eigenvalue weighted by Crippen LogP contribution is -2.32. The summed E-state index contributed by atoms with van der Waals surface area (Å²) in [4.78, 5) is 15.3. The summed E-state index contributed by atoms with van der Waals surface area (Å²) in [5, 5.41) is 3.84. The molecule has 0 saturated carbocycles. The average molecular weight is 385 g/mol. The molecule has 0 fully saturated rings. The Morgan fingerprint density at radius 1 is 1.11 bits per heavy atom. The topological polar surface area (TPSA) is 91.1 Å². The highest BCUT2D eigenvalue weighted by Crippen LogP contribution is 2.18. The zero-order chi connectivity index (χ0) is 19.4. The van der Waals surface area contributed by atoms with Gasteiger partial charge >= 0.3 is 0 Å². The van der Waals surface area contributed by atoms with Crippen LogP contribution in [-0.4, -0.2) is 25.4 Å². The molecule has 1 aromatic heterocycles. The summed E-state index contributed by atoms with van der Waals surface area (Å²) in [5.74, 6) is -0.208. The van der Waals surface area contributed by atoms with E-state index in [0.717, 1.165) is 22.9 Å². The number of sulfonamides is 1. The Morgan fingerprint density at radius 2 is 1.85 bits per heavy atom. The van der Waals surface area contributed by atoms with Gasteiger partial charge in [0.05, 0.1) is 4.90 Å². The number of aromatic amines is 1. The van der Waals surface area contributed by atoms with Crippen LogP contribution in [0.3, 0.4) is 0 Å². The van der Waals surface area contributed by atoms with Crippen molar-refractivity contribution in [2.45, 2.75) is 37.8 Å². The number of H-pyrrole nitrogens is 1. The molecule has 0 radical (unpaired) electrons.